The number of benzene rings is 2. The van der Waals surface area contributed by atoms with Gasteiger partial charge in [0.05, 0.1) is 0 Å². The molecule has 2 aliphatic heterocycles. The van der Waals surface area contributed by atoms with Gasteiger partial charge in [-0.15, -0.1) is 10.2 Å². The largest absolute Gasteiger partial charge is 0.550 e. The second kappa shape index (κ2) is 6.89. The Balaban J connectivity index is 2.05. The Bertz CT molecular complexity index is 1040. The summed E-state index contributed by atoms with van der Waals surface area (Å²) in [5.74, 6) is 1.74. The van der Waals surface area contributed by atoms with Crippen LogP contribution < -0.4 is 19.2 Å². The minimum atomic E-state index is -2.85. The summed E-state index contributed by atoms with van der Waals surface area (Å²) in [4.78, 5) is 0. The minimum absolute atomic E-state index is 0.000558. The van der Waals surface area contributed by atoms with Crippen LogP contribution in [0.15, 0.2) is 24.3 Å². The molecule has 2 heterocycles. The maximum Gasteiger partial charge on any atom is 0.550 e. The first-order valence-electron chi connectivity index (χ1n) is 12.0. The highest BCUT2D eigenvalue weighted by molar-refractivity contribution is 7.68. The van der Waals surface area contributed by atoms with Crippen molar-refractivity contribution in [2.45, 2.75) is 105 Å². The Kier molecular flexibility index (Phi) is 5.08. The average Bonchev–Trinajstić information content (AvgIpc) is 3.04. The first-order valence-corrected chi connectivity index (χ1v) is 13.6. The predicted molar refractivity (Wildman–Crippen MR) is 142 cm³/mol. The van der Waals surface area contributed by atoms with E-state index in [1.807, 2.05) is 0 Å². The van der Waals surface area contributed by atoms with Crippen molar-refractivity contribution in [1.82, 2.24) is 0 Å². The lowest BCUT2D eigenvalue weighted by Gasteiger charge is -2.27. The van der Waals surface area contributed by atoms with E-state index in [0.29, 0.717) is 0 Å². The molecule has 2 aliphatic rings. The van der Waals surface area contributed by atoms with Crippen LogP contribution in [0.25, 0.3) is 0 Å². The van der Waals surface area contributed by atoms with Gasteiger partial charge in [0.2, 0.25) is 11.5 Å². The van der Waals surface area contributed by atoms with Crippen molar-refractivity contribution in [2.24, 2.45) is 5.50 Å². The highest BCUT2D eigenvalue weighted by Crippen LogP contribution is 2.76. The molecular weight excluding hydrogens is 427 g/mol. The molecule has 0 aromatic heterocycles. The summed E-state index contributed by atoms with van der Waals surface area (Å²) >= 11 is 0. The van der Waals surface area contributed by atoms with Crippen molar-refractivity contribution in [3.63, 3.8) is 0 Å². The first kappa shape index (κ1) is 24.4. The molecule has 0 atom stereocenters. The molecule has 2 N–H and O–H groups in total. The topological polar surface area (TPSA) is 47.7 Å². The van der Waals surface area contributed by atoms with E-state index >= 15 is 0 Å². The first-order chi connectivity index (χ1) is 14.7. The van der Waals surface area contributed by atoms with Crippen molar-refractivity contribution in [1.29, 1.82) is 0 Å². The summed E-state index contributed by atoms with van der Waals surface area (Å²) in [6.07, 6.45) is 0. The van der Waals surface area contributed by atoms with Gasteiger partial charge in [-0.1, -0.05) is 95.2 Å². The fraction of sp³-hybridized carbons (Fsp3) is 0.571. The molecule has 0 radical (unpaired) electrons. The molecule has 4 nitrogen and oxygen atoms in total. The molecule has 180 valence electrons. The normalized spacial score (nSPS) is 17.3. The number of fused-ring (bicyclic) bond motifs is 5. The van der Waals surface area contributed by atoms with Crippen LogP contribution >= 0.6 is 8.02 Å². The summed E-state index contributed by atoms with van der Waals surface area (Å²) in [6.45, 7) is 26.9. The van der Waals surface area contributed by atoms with Crippen molar-refractivity contribution < 1.29 is 9.05 Å². The monoisotopic (exact) mass is 469 g/mol. The van der Waals surface area contributed by atoms with E-state index in [1.165, 1.54) is 22.3 Å². The van der Waals surface area contributed by atoms with E-state index in [9.17, 15) is 0 Å². The molecule has 0 unspecified atom stereocenters. The summed E-state index contributed by atoms with van der Waals surface area (Å²) in [7, 11) is -2.85. The second-order valence-corrected chi connectivity index (χ2v) is 15.7. The number of hydrogen-bond donors (Lipinski definition) is 1. The van der Waals surface area contributed by atoms with Crippen LogP contribution in [0.5, 0.6) is 11.5 Å². The Morgan fingerprint density at radius 3 is 1.18 bits per heavy atom. The van der Waals surface area contributed by atoms with Gasteiger partial charge in [-0.05, 0) is 44.9 Å². The van der Waals surface area contributed by atoms with E-state index in [4.69, 9.17) is 14.6 Å². The third-order valence-electron chi connectivity index (χ3n) is 6.67. The molecule has 0 amide bonds. The molecule has 0 aliphatic carbocycles. The van der Waals surface area contributed by atoms with Gasteiger partial charge in [-0.3, -0.25) is 9.05 Å². The number of nitrogens with two attached hydrogens (primary N) is 1. The standard InChI is InChI=1S/C28H42N2O2P/c1-25(2,3)17-13-19(27(7,8)9)23-21(15-17)30-22-16-18(26(4,5)6)14-20(28(10,11)12)24(22)32-33(30,29)31-23/h13-16H,29H2,1-12H3/q+1. The molecule has 0 spiro atoms. The highest BCUT2D eigenvalue weighted by atomic mass is 31.2. The quantitative estimate of drug-likeness (QED) is 0.393. The van der Waals surface area contributed by atoms with Crippen LogP contribution in [0.1, 0.15) is 105 Å². The molecule has 2 aromatic rings. The molecule has 2 aromatic carbocycles. The van der Waals surface area contributed by atoms with Gasteiger partial charge >= 0.3 is 8.02 Å². The molecule has 33 heavy (non-hydrogen) atoms. The second-order valence-electron chi connectivity index (χ2n) is 13.8. The molecule has 0 bridgehead atoms. The third kappa shape index (κ3) is 3.94. The molecule has 0 saturated heterocycles. The van der Waals surface area contributed by atoms with E-state index in [2.05, 4.69) is 112 Å². The SMILES string of the molecule is CC(C)(C)c1cc2c(c(C(C)(C)C)c1)O[P+]1(N)Oc3c(cc(C(C)(C)C)cc3C(C)(C)C)N21. The lowest BCUT2D eigenvalue weighted by atomic mass is 9.79. The molecule has 0 saturated carbocycles. The fourth-order valence-corrected chi connectivity index (χ4v) is 6.51. The van der Waals surface area contributed by atoms with E-state index in [-0.39, 0.29) is 21.7 Å². The zero-order valence-electron chi connectivity index (χ0n) is 22.6. The van der Waals surface area contributed by atoms with E-state index < -0.39 is 8.02 Å². The van der Waals surface area contributed by atoms with Gasteiger partial charge < -0.3 is 0 Å². The average molecular weight is 470 g/mol. The van der Waals surface area contributed by atoms with Crippen LogP contribution in [0, 0.1) is 0 Å². The summed E-state index contributed by atoms with van der Waals surface area (Å²) in [5, 5.41) is 0. The molecule has 0 fully saturated rings. The van der Waals surface area contributed by atoms with E-state index in [1.54, 1.807) is 0 Å². The third-order valence-corrected chi connectivity index (χ3v) is 8.54. The zero-order valence-corrected chi connectivity index (χ0v) is 23.5. The van der Waals surface area contributed by atoms with Gasteiger partial charge in [-0.25, -0.2) is 0 Å². The Hall–Kier alpha value is -1.77. The Morgan fingerprint density at radius 1 is 0.576 bits per heavy atom. The predicted octanol–water partition coefficient (Wildman–Crippen LogP) is 8.44. The minimum Gasteiger partial charge on any atom is -0.266 e. The van der Waals surface area contributed by atoms with Crippen LogP contribution in [-0.2, 0) is 21.7 Å². The van der Waals surface area contributed by atoms with Crippen molar-refractivity contribution in [3.8, 4) is 11.5 Å². The van der Waals surface area contributed by atoms with Gasteiger partial charge in [0.1, 0.15) is 11.4 Å². The van der Waals surface area contributed by atoms with Crippen LogP contribution in [0.2, 0.25) is 0 Å². The van der Waals surface area contributed by atoms with Crippen LogP contribution in [0.4, 0.5) is 11.4 Å². The number of hydrogen-bond acceptors (Lipinski definition) is 4. The van der Waals surface area contributed by atoms with Crippen LogP contribution in [0.3, 0.4) is 0 Å². The van der Waals surface area contributed by atoms with Crippen molar-refractivity contribution in [3.05, 3.63) is 46.5 Å². The molecule has 5 heteroatoms. The summed E-state index contributed by atoms with van der Waals surface area (Å²) in [5.41, 5.74) is 13.8. The van der Waals surface area contributed by atoms with Gasteiger partial charge in [0.15, 0.2) is 0 Å². The van der Waals surface area contributed by atoms with Crippen molar-refractivity contribution >= 4 is 19.4 Å². The maximum absolute atomic E-state index is 7.00. The Labute approximate surface area is 201 Å². The van der Waals surface area contributed by atoms with Crippen molar-refractivity contribution in [2.75, 3.05) is 4.67 Å². The van der Waals surface area contributed by atoms with Gasteiger partial charge in [-0.2, -0.15) is 0 Å². The van der Waals surface area contributed by atoms with Gasteiger partial charge in [0.25, 0.3) is 0 Å². The summed E-state index contributed by atoms with van der Waals surface area (Å²) < 4.78 is 15.4. The number of rotatable bonds is 0. The number of nitrogens with zero attached hydrogens (tertiary/aromatic N) is 1. The number of anilines is 2. The van der Waals surface area contributed by atoms with Gasteiger partial charge in [0, 0.05) is 11.1 Å². The molecule has 4 rings (SSSR count). The lowest BCUT2D eigenvalue weighted by Crippen LogP contribution is -2.22. The maximum atomic E-state index is 7.00. The highest BCUT2D eigenvalue weighted by Gasteiger charge is 2.65. The zero-order chi connectivity index (χ0) is 24.9. The Morgan fingerprint density at radius 2 is 0.909 bits per heavy atom. The fourth-order valence-electron chi connectivity index (χ4n) is 4.51. The lowest BCUT2D eigenvalue weighted by molar-refractivity contribution is 0.460. The van der Waals surface area contributed by atoms with Crippen LogP contribution in [-0.4, -0.2) is 0 Å². The smallest absolute Gasteiger partial charge is 0.266 e. The summed E-state index contributed by atoms with van der Waals surface area (Å²) in [6, 6.07) is 9.11. The van der Waals surface area contributed by atoms with E-state index in [0.717, 1.165) is 22.9 Å². The molecular formula is C28H42N2O2P+.